The first-order valence-corrected chi connectivity index (χ1v) is 21.4. The number of nitriles is 1. The lowest BCUT2D eigenvalue weighted by atomic mass is 9.93. The lowest BCUT2D eigenvalue weighted by Crippen LogP contribution is -2.42. The van der Waals surface area contributed by atoms with Crippen LogP contribution in [0.4, 0.5) is 5.82 Å². The first-order valence-electron chi connectivity index (χ1n) is 20.2. The standard InChI is InChI=1S/C44H43ClN10O4S/c1-25-26(2)60-44-40(25)41(49-37(22-39-47-18-20-57-39)42-53-50-27(3)55(42)44)28-6-11-31(12-7-28)59-34-5-4-19-54(24-34)38-17-16-36(51-52-38)43(56)48-30-9-14-32(15-10-30)58-33-13-8-29(23-46)35(45)21-33/h6-8,11-13,16-18,20-21,30,32,34,37H,4-5,9-10,14-15,19,22,24H2,1-3H3,(H,48,56)/t30?,32?,34-,37+/m1/s1. The minimum absolute atomic E-state index is 0.0163. The summed E-state index contributed by atoms with van der Waals surface area (Å²) in [6, 6.07) is 18.6. The van der Waals surface area contributed by atoms with Crippen molar-refractivity contribution in [1.82, 2.24) is 35.3 Å². The molecule has 3 aliphatic rings. The van der Waals surface area contributed by atoms with Crippen molar-refractivity contribution in [3.05, 3.63) is 122 Å². The van der Waals surface area contributed by atoms with Gasteiger partial charge in [0.25, 0.3) is 5.91 Å². The number of nitrogens with one attached hydrogen (secondary N) is 1. The highest BCUT2D eigenvalue weighted by atomic mass is 35.5. The fourth-order valence-electron chi connectivity index (χ4n) is 8.22. The van der Waals surface area contributed by atoms with E-state index in [9.17, 15) is 4.79 Å². The van der Waals surface area contributed by atoms with E-state index in [0.29, 0.717) is 41.0 Å². The molecule has 14 nitrogen and oxygen atoms in total. The number of oxazole rings is 1. The van der Waals surface area contributed by atoms with Crippen LogP contribution >= 0.6 is 22.9 Å². The molecule has 1 saturated heterocycles. The fourth-order valence-corrected chi connectivity index (χ4v) is 9.65. The van der Waals surface area contributed by atoms with E-state index < -0.39 is 0 Å². The van der Waals surface area contributed by atoms with Crippen LogP contribution in [0.2, 0.25) is 5.02 Å². The number of ether oxygens (including phenoxy) is 2. The molecule has 2 atom stereocenters. The summed E-state index contributed by atoms with van der Waals surface area (Å²) in [5, 5.41) is 31.5. The van der Waals surface area contributed by atoms with Crippen LogP contribution < -0.4 is 19.7 Å². The van der Waals surface area contributed by atoms with Crippen molar-refractivity contribution in [2.75, 3.05) is 18.0 Å². The molecule has 0 unspecified atom stereocenters. The lowest BCUT2D eigenvalue weighted by molar-refractivity contribution is 0.0888. The maximum absolute atomic E-state index is 13.1. The molecule has 60 heavy (non-hydrogen) atoms. The number of nitrogens with zero attached hydrogens (tertiary/aromatic N) is 9. The van der Waals surface area contributed by atoms with Crippen molar-refractivity contribution in [2.45, 2.75) is 90.0 Å². The van der Waals surface area contributed by atoms with Gasteiger partial charge in [-0.15, -0.1) is 31.7 Å². The van der Waals surface area contributed by atoms with Crippen LogP contribution in [-0.2, 0) is 6.42 Å². The number of anilines is 1. The number of aliphatic imine (C=N–C) groups is 1. The quantitative estimate of drug-likeness (QED) is 0.143. The van der Waals surface area contributed by atoms with Gasteiger partial charge in [-0.1, -0.05) is 11.6 Å². The zero-order valence-electron chi connectivity index (χ0n) is 33.5. The second-order valence-corrected chi connectivity index (χ2v) is 17.1. The van der Waals surface area contributed by atoms with Gasteiger partial charge in [0.05, 0.1) is 41.6 Å². The topological polar surface area (TPSA) is 169 Å². The zero-order valence-corrected chi connectivity index (χ0v) is 35.0. The number of hydrogen-bond acceptors (Lipinski definition) is 13. The highest BCUT2D eigenvalue weighted by Gasteiger charge is 2.33. The second kappa shape index (κ2) is 16.9. The summed E-state index contributed by atoms with van der Waals surface area (Å²) in [6.07, 6.45) is 8.63. The molecule has 6 heterocycles. The van der Waals surface area contributed by atoms with Crippen molar-refractivity contribution in [3.8, 4) is 22.6 Å². The molecule has 2 fully saturated rings. The van der Waals surface area contributed by atoms with E-state index in [1.54, 1.807) is 48.1 Å². The van der Waals surface area contributed by atoms with Gasteiger partial charge in [0.2, 0.25) is 0 Å². The van der Waals surface area contributed by atoms with Crippen LogP contribution in [0.5, 0.6) is 11.5 Å². The maximum Gasteiger partial charge on any atom is 0.272 e. The number of halogens is 1. The van der Waals surface area contributed by atoms with Crippen LogP contribution in [0.15, 0.2) is 76.5 Å². The molecule has 1 aliphatic carbocycles. The van der Waals surface area contributed by atoms with Crippen LogP contribution in [0.1, 0.15) is 99.7 Å². The van der Waals surface area contributed by atoms with Gasteiger partial charge in [-0.25, -0.2) is 4.98 Å². The third-order valence-electron chi connectivity index (χ3n) is 11.5. The van der Waals surface area contributed by atoms with Gasteiger partial charge in [0, 0.05) is 34.7 Å². The second-order valence-electron chi connectivity index (χ2n) is 15.5. The molecule has 1 N–H and O–H groups in total. The largest absolute Gasteiger partial charge is 0.490 e. The maximum atomic E-state index is 13.1. The number of carbonyl (C=O) groups excluding carboxylic acids is 1. The Hall–Kier alpha value is -6.11. The van der Waals surface area contributed by atoms with Gasteiger partial charge in [-0.05, 0) is 113 Å². The number of thiophene rings is 1. The summed E-state index contributed by atoms with van der Waals surface area (Å²) in [6.45, 7) is 7.73. The highest BCUT2D eigenvalue weighted by Crippen LogP contribution is 2.40. The number of carbonyl (C=O) groups is 1. The molecule has 16 heteroatoms. The van der Waals surface area contributed by atoms with Crippen molar-refractivity contribution < 1.29 is 18.7 Å². The number of piperidine rings is 1. The number of amides is 1. The van der Waals surface area contributed by atoms with Crippen LogP contribution in [-0.4, -0.2) is 72.9 Å². The van der Waals surface area contributed by atoms with E-state index >= 15 is 0 Å². The SMILES string of the molecule is Cc1sc2c(c1C)C(c1ccc(O[C@@H]3CCCN(c4ccc(C(=O)NC5CCC(Oc6ccc(C#N)c(Cl)c6)CC5)nn4)C3)cc1)=N[C@@H](Cc1ncco1)c1nnc(C)n1-2. The average Bonchev–Trinajstić information content (AvgIpc) is 3.97. The lowest BCUT2D eigenvalue weighted by Gasteiger charge is -2.33. The first-order chi connectivity index (χ1) is 29.2. The molecular formula is C44H43ClN10O4S. The smallest absolute Gasteiger partial charge is 0.272 e. The van der Waals surface area contributed by atoms with Crippen LogP contribution in [0.3, 0.4) is 0 Å². The molecule has 4 aromatic heterocycles. The molecule has 306 valence electrons. The summed E-state index contributed by atoms with van der Waals surface area (Å²) in [4.78, 5) is 26.2. The summed E-state index contributed by atoms with van der Waals surface area (Å²) < 4.78 is 20.4. The first kappa shape index (κ1) is 39.4. The summed E-state index contributed by atoms with van der Waals surface area (Å²) in [5.41, 5.74) is 4.84. The van der Waals surface area contributed by atoms with Crippen molar-refractivity contribution >= 4 is 40.4 Å². The summed E-state index contributed by atoms with van der Waals surface area (Å²) in [5.74, 6) is 4.06. The van der Waals surface area contributed by atoms with Gasteiger partial charge in [-0.3, -0.25) is 14.4 Å². The summed E-state index contributed by atoms with van der Waals surface area (Å²) >= 11 is 7.90. The van der Waals surface area contributed by atoms with E-state index in [1.165, 1.54) is 10.4 Å². The zero-order chi connectivity index (χ0) is 41.3. The van der Waals surface area contributed by atoms with E-state index in [2.05, 4.69) is 72.2 Å². The third-order valence-corrected chi connectivity index (χ3v) is 13.0. The minimum Gasteiger partial charge on any atom is -0.490 e. The molecule has 1 amide bonds. The van der Waals surface area contributed by atoms with Gasteiger partial charge < -0.3 is 24.1 Å². The average molecular weight is 843 g/mol. The Morgan fingerprint density at radius 2 is 1.77 bits per heavy atom. The van der Waals surface area contributed by atoms with Gasteiger partial charge in [0.1, 0.15) is 46.8 Å². The molecule has 2 aliphatic heterocycles. The number of fused-ring (bicyclic) bond motifs is 3. The van der Waals surface area contributed by atoms with E-state index in [1.807, 2.05) is 25.1 Å². The van der Waals surface area contributed by atoms with Crippen LogP contribution in [0, 0.1) is 32.1 Å². The molecule has 1 saturated carbocycles. The number of benzene rings is 2. The van der Waals surface area contributed by atoms with Crippen LogP contribution in [0.25, 0.3) is 5.00 Å². The Bertz CT molecular complexity index is 2570. The minimum atomic E-state index is -0.343. The predicted octanol–water partition coefficient (Wildman–Crippen LogP) is 7.86. The molecule has 0 radical (unpaired) electrons. The Kier molecular flexibility index (Phi) is 11.1. The van der Waals surface area contributed by atoms with E-state index in [-0.39, 0.29) is 35.9 Å². The Morgan fingerprint density at radius 1 is 0.967 bits per heavy atom. The third kappa shape index (κ3) is 8.09. The molecule has 9 rings (SSSR count). The van der Waals surface area contributed by atoms with Crippen molar-refractivity contribution in [3.63, 3.8) is 0 Å². The molecule has 2 aromatic carbocycles. The highest BCUT2D eigenvalue weighted by molar-refractivity contribution is 7.15. The normalized spacial score (nSPS) is 20.0. The number of hydrogen-bond donors (Lipinski definition) is 1. The number of aromatic nitrogens is 6. The molecule has 0 bridgehead atoms. The molecule has 6 aromatic rings. The van der Waals surface area contributed by atoms with Gasteiger partial charge in [0.15, 0.2) is 23.2 Å². The van der Waals surface area contributed by atoms with E-state index in [4.69, 9.17) is 35.7 Å². The Morgan fingerprint density at radius 3 is 2.50 bits per heavy atom. The van der Waals surface area contributed by atoms with E-state index in [0.717, 1.165) is 84.3 Å². The predicted molar refractivity (Wildman–Crippen MR) is 227 cm³/mol. The molecule has 0 spiro atoms. The monoisotopic (exact) mass is 842 g/mol. The Balaban J connectivity index is 0.821. The van der Waals surface area contributed by atoms with Gasteiger partial charge >= 0.3 is 0 Å². The molecular weight excluding hydrogens is 800 g/mol. The number of aryl methyl sites for hydroxylation is 2. The Labute approximate surface area is 356 Å². The number of rotatable bonds is 10. The van der Waals surface area contributed by atoms with Crippen molar-refractivity contribution in [1.29, 1.82) is 5.26 Å². The summed E-state index contributed by atoms with van der Waals surface area (Å²) in [7, 11) is 0. The van der Waals surface area contributed by atoms with Gasteiger partial charge in [-0.2, -0.15) is 5.26 Å². The fraction of sp³-hybridized carbons (Fsp3) is 0.364. The van der Waals surface area contributed by atoms with Crippen molar-refractivity contribution in [2.24, 2.45) is 4.99 Å².